The third-order valence-electron chi connectivity index (χ3n) is 1.87. The predicted octanol–water partition coefficient (Wildman–Crippen LogP) is 2.79. The van der Waals surface area contributed by atoms with Crippen LogP contribution in [-0.2, 0) is 6.61 Å². The molecule has 0 radical (unpaired) electrons. The van der Waals surface area contributed by atoms with E-state index in [1.54, 1.807) is 0 Å². The van der Waals surface area contributed by atoms with Crippen molar-refractivity contribution in [1.29, 1.82) is 0 Å². The first kappa shape index (κ1) is 13.7. The fourth-order valence-corrected chi connectivity index (χ4v) is 1.11. The van der Waals surface area contributed by atoms with E-state index in [0.29, 0.717) is 0 Å². The van der Waals surface area contributed by atoms with Gasteiger partial charge in [0.1, 0.15) is 0 Å². The second kappa shape index (κ2) is 5.31. The maximum Gasteiger partial charge on any atom is 0.392 e. The summed E-state index contributed by atoms with van der Waals surface area (Å²) >= 11 is 0. The fraction of sp³-hybridized carbons (Fsp3) is 0.400. The van der Waals surface area contributed by atoms with Gasteiger partial charge in [-0.3, -0.25) is 0 Å². The number of halogens is 5. The first-order valence-electron chi connectivity index (χ1n) is 4.62. The molecule has 1 aromatic carbocycles. The first-order valence-corrected chi connectivity index (χ1v) is 4.62. The molecule has 0 unspecified atom stereocenters. The van der Waals surface area contributed by atoms with Crippen LogP contribution in [0.5, 0.6) is 5.75 Å². The lowest BCUT2D eigenvalue weighted by Crippen LogP contribution is -2.14. The summed E-state index contributed by atoms with van der Waals surface area (Å²) in [7, 11) is 0. The van der Waals surface area contributed by atoms with Crippen molar-refractivity contribution in [2.24, 2.45) is 0 Å². The van der Waals surface area contributed by atoms with Crippen LogP contribution in [0.15, 0.2) is 12.1 Å². The van der Waals surface area contributed by atoms with Crippen molar-refractivity contribution in [3.8, 4) is 5.75 Å². The maximum absolute atomic E-state index is 13.2. The summed E-state index contributed by atoms with van der Waals surface area (Å²) in [5.41, 5.74) is -0.0248. The highest BCUT2D eigenvalue weighted by Crippen LogP contribution is 2.25. The molecule has 0 fully saturated rings. The van der Waals surface area contributed by atoms with Crippen LogP contribution in [0.2, 0.25) is 0 Å². The van der Waals surface area contributed by atoms with Crippen molar-refractivity contribution in [2.75, 3.05) is 6.61 Å². The molecule has 1 aromatic rings. The van der Waals surface area contributed by atoms with Gasteiger partial charge >= 0.3 is 6.18 Å². The highest BCUT2D eigenvalue weighted by Gasteiger charge is 2.27. The Morgan fingerprint density at radius 1 is 1.12 bits per heavy atom. The minimum Gasteiger partial charge on any atom is -0.487 e. The van der Waals surface area contributed by atoms with Crippen molar-refractivity contribution in [3.05, 3.63) is 29.3 Å². The molecule has 0 saturated carbocycles. The van der Waals surface area contributed by atoms with Gasteiger partial charge in [-0.2, -0.15) is 13.2 Å². The molecule has 17 heavy (non-hydrogen) atoms. The average molecular weight is 256 g/mol. The van der Waals surface area contributed by atoms with Crippen LogP contribution < -0.4 is 4.74 Å². The molecular formula is C10H9F5O2. The molecule has 0 aliphatic rings. The molecule has 0 atom stereocenters. The van der Waals surface area contributed by atoms with E-state index >= 15 is 0 Å². The van der Waals surface area contributed by atoms with E-state index in [4.69, 9.17) is 5.11 Å². The number of hydrogen-bond acceptors (Lipinski definition) is 2. The summed E-state index contributed by atoms with van der Waals surface area (Å²) in [5, 5.41) is 8.64. The van der Waals surface area contributed by atoms with Crippen molar-refractivity contribution in [2.45, 2.75) is 19.2 Å². The summed E-state index contributed by atoms with van der Waals surface area (Å²) in [6.07, 6.45) is -5.74. The minimum atomic E-state index is -4.45. The van der Waals surface area contributed by atoms with Gasteiger partial charge in [-0.25, -0.2) is 8.78 Å². The molecule has 0 spiro atoms. The molecule has 0 heterocycles. The molecule has 0 aromatic heterocycles. The van der Waals surface area contributed by atoms with E-state index in [2.05, 4.69) is 4.74 Å². The van der Waals surface area contributed by atoms with Crippen LogP contribution in [-0.4, -0.2) is 17.9 Å². The Bertz CT molecular complexity index is 366. The molecular weight excluding hydrogens is 247 g/mol. The lowest BCUT2D eigenvalue weighted by atomic mass is 10.2. The van der Waals surface area contributed by atoms with E-state index in [0.717, 1.165) is 12.1 Å². The van der Waals surface area contributed by atoms with E-state index in [-0.39, 0.29) is 5.56 Å². The second-order valence-corrected chi connectivity index (χ2v) is 3.26. The number of aliphatic hydroxyl groups excluding tert-OH is 1. The topological polar surface area (TPSA) is 29.5 Å². The van der Waals surface area contributed by atoms with Gasteiger partial charge in [-0.05, 0) is 17.7 Å². The smallest absolute Gasteiger partial charge is 0.392 e. The second-order valence-electron chi connectivity index (χ2n) is 3.26. The summed E-state index contributed by atoms with van der Waals surface area (Å²) in [6.45, 7) is -1.44. The van der Waals surface area contributed by atoms with Gasteiger partial charge < -0.3 is 9.84 Å². The molecule has 0 saturated heterocycles. The molecule has 0 amide bonds. The molecule has 0 bridgehead atoms. The van der Waals surface area contributed by atoms with Crippen molar-refractivity contribution >= 4 is 0 Å². The first-order chi connectivity index (χ1) is 7.83. The number of rotatable bonds is 4. The van der Waals surface area contributed by atoms with E-state index in [1.165, 1.54) is 0 Å². The zero-order valence-electron chi connectivity index (χ0n) is 8.52. The number of ether oxygens (including phenoxy) is 1. The zero-order chi connectivity index (χ0) is 13.1. The standard InChI is InChI=1S/C10H9F5O2/c11-7-3-6(5-16)4-8(12)9(7)17-2-1-10(13,14)15/h3-4,16H,1-2,5H2. The zero-order valence-corrected chi connectivity index (χ0v) is 8.52. The molecule has 2 nitrogen and oxygen atoms in total. The van der Waals surface area contributed by atoms with Gasteiger partial charge in [0.15, 0.2) is 17.4 Å². The van der Waals surface area contributed by atoms with Gasteiger partial charge in [0.2, 0.25) is 0 Å². The molecule has 0 aliphatic carbocycles. The van der Waals surface area contributed by atoms with Crippen molar-refractivity contribution < 1.29 is 31.8 Å². The van der Waals surface area contributed by atoms with Gasteiger partial charge in [0.05, 0.1) is 19.6 Å². The quantitative estimate of drug-likeness (QED) is 0.839. The van der Waals surface area contributed by atoms with Crippen molar-refractivity contribution in [3.63, 3.8) is 0 Å². The molecule has 1 rings (SSSR count). The fourth-order valence-electron chi connectivity index (χ4n) is 1.11. The molecule has 0 aliphatic heterocycles. The van der Waals surface area contributed by atoms with Gasteiger partial charge in [-0.15, -0.1) is 0 Å². The van der Waals surface area contributed by atoms with Crippen LogP contribution in [0.25, 0.3) is 0 Å². The highest BCUT2D eigenvalue weighted by molar-refractivity contribution is 5.31. The van der Waals surface area contributed by atoms with Gasteiger partial charge in [-0.1, -0.05) is 0 Å². The third-order valence-corrected chi connectivity index (χ3v) is 1.87. The van der Waals surface area contributed by atoms with Gasteiger partial charge in [0, 0.05) is 0 Å². The Labute approximate surface area is 93.6 Å². The molecule has 1 N–H and O–H groups in total. The van der Waals surface area contributed by atoms with E-state index in [1.807, 2.05) is 0 Å². The maximum atomic E-state index is 13.2. The third kappa shape index (κ3) is 4.18. The van der Waals surface area contributed by atoms with Gasteiger partial charge in [0.25, 0.3) is 0 Å². The van der Waals surface area contributed by atoms with Crippen LogP contribution in [0, 0.1) is 11.6 Å². The Kier molecular flexibility index (Phi) is 4.28. The SMILES string of the molecule is OCc1cc(F)c(OCCC(F)(F)F)c(F)c1. The number of aliphatic hydroxyl groups is 1. The Hall–Kier alpha value is -1.37. The number of alkyl halides is 3. The minimum absolute atomic E-state index is 0.0248. The van der Waals surface area contributed by atoms with Crippen molar-refractivity contribution in [1.82, 2.24) is 0 Å². The number of hydrogen-bond donors (Lipinski definition) is 1. The Balaban J connectivity index is 2.72. The van der Waals surface area contributed by atoms with E-state index in [9.17, 15) is 22.0 Å². The summed E-state index contributed by atoms with van der Waals surface area (Å²) in [4.78, 5) is 0. The normalized spacial score (nSPS) is 11.6. The van der Waals surface area contributed by atoms with Crippen LogP contribution in [0.3, 0.4) is 0 Å². The van der Waals surface area contributed by atoms with Crippen LogP contribution in [0.1, 0.15) is 12.0 Å². The van der Waals surface area contributed by atoms with Crippen LogP contribution >= 0.6 is 0 Å². The summed E-state index contributed by atoms with van der Waals surface area (Å²) in [5.74, 6) is -3.15. The monoisotopic (exact) mass is 256 g/mol. The van der Waals surface area contributed by atoms with Crippen LogP contribution in [0.4, 0.5) is 22.0 Å². The number of benzene rings is 1. The average Bonchev–Trinajstić information content (AvgIpc) is 2.20. The summed E-state index contributed by atoms with van der Waals surface area (Å²) in [6, 6.07) is 1.60. The predicted molar refractivity (Wildman–Crippen MR) is 48.4 cm³/mol. The van der Waals surface area contributed by atoms with E-state index < -0.39 is 43.2 Å². The lowest BCUT2D eigenvalue weighted by molar-refractivity contribution is -0.139. The highest BCUT2D eigenvalue weighted by atomic mass is 19.4. The molecule has 96 valence electrons. The lowest BCUT2D eigenvalue weighted by Gasteiger charge is -2.10. The largest absolute Gasteiger partial charge is 0.487 e. The summed E-state index contributed by atoms with van der Waals surface area (Å²) < 4.78 is 66.0. The molecule has 7 heteroatoms. The Morgan fingerprint density at radius 3 is 2.06 bits per heavy atom. The Morgan fingerprint density at radius 2 is 1.65 bits per heavy atom.